The quantitative estimate of drug-likeness (QED) is 0.902. The highest BCUT2D eigenvalue weighted by molar-refractivity contribution is 6.05. The number of nitrogens with zero attached hydrogens (tertiary/aromatic N) is 1. The van der Waals surface area contributed by atoms with Crippen LogP contribution in [0.15, 0.2) is 30.3 Å². The summed E-state index contributed by atoms with van der Waals surface area (Å²) in [6.45, 7) is 6.05. The van der Waals surface area contributed by atoms with Crippen LogP contribution in [0.25, 0.3) is 0 Å². The van der Waals surface area contributed by atoms with Crippen molar-refractivity contribution in [3.05, 3.63) is 52.7 Å². The molecule has 4 nitrogen and oxygen atoms in total. The standard InChI is InChI=1S/C17H21N3O/c1-5-14-9-13(10-16(18-4)19-14)17(21)20-15-7-6-11(2)8-12(15)3/h6-10H,5H2,1-4H3,(H,18,19)(H,20,21). The predicted octanol–water partition coefficient (Wildman–Crippen LogP) is 3.55. The van der Waals surface area contributed by atoms with Gasteiger partial charge < -0.3 is 10.6 Å². The summed E-state index contributed by atoms with van der Waals surface area (Å²) < 4.78 is 0. The Hall–Kier alpha value is -2.36. The summed E-state index contributed by atoms with van der Waals surface area (Å²) >= 11 is 0. The summed E-state index contributed by atoms with van der Waals surface area (Å²) in [6, 6.07) is 9.57. The van der Waals surface area contributed by atoms with E-state index in [9.17, 15) is 4.79 Å². The van der Waals surface area contributed by atoms with Crippen LogP contribution in [0.3, 0.4) is 0 Å². The van der Waals surface area contributed by atoms with Crippen LogP contribution in [0.4, 0.5) is 11.5 Å². The van der Waals surface area contributed by atoms with Gasteiger partial charge >= 0.3 is 0 Å². The van der Waals surface area contributed by atoms with E-state index >= 15 is 0 Å². The van der Waals surface area contributed by atoms with E-state index in [1.54, 1.807) is 13.1 Å². The van der Waals surface area contributed by atoms with Gasteiger partial charge in [-0.05, 0) is 44.0 Å². The van der Waals surface area contributed by atoms with Crippen molar-refractivity contribution in [2.45, 2.75) is 27.2 Å². The molecule has 0 fully saturated rings. The zero-order valence-corrected chi connectivity index (χ0v) is 12.9. The van der Waals surface area contributed by atoms with Crippen molar-refractivity contribution in [2.75, 3.05) is 17.7 Å². The minimum atomic E-state index is -0.115. The van der Waals surface area contributed by atoms with Crippen molar-refractivity contribution < 1.29 is 4.79 Å². The maximum atomic E-state index is 12.4. The van der Waals surface area contributed by atoms with Crippen LogP contribution >= 0.6 is 0 Å². The molecule has 4 heteroatoms. The number of carbonyl (C=O) groups excluding carboxylic acids is 1. The number of anilines is 2. The van der Waals surface area contributed by atoms with E-state index in [1.807, 2.05) is 39.0 Å². The number of carbonyl (C=O) groups is 1. The number of aryl methyl sites for hydroxylation is 3. The number of hydrogen-bond donors (Lipinski definition) is 2. The molecule has 1 heterocycles. The second-order valence-electron chi connectivity index (χ2n) is 5.11. The Kier molecular flexibility index (Phi) is 4.58. The lowest BCUT2D eigenvalue weighted by Gasteiger charge is -2.11. The minimum Gasteiger partial charge on any atom is -0.373 e. The molecular weight excluding hydrogens is 262 g/mol. The van der Waals surface area contributed by atoms with Gasteiger partial charge in [0.2, 0.25) is 0 Å². The number of benzene rings is 1. The van der Waals surface area contributed by atoms with Crippen molar-refractivity contribution in [3.8, 4) is 0 Å². The lowest BCUT2D eigenvalue weighted by atomic mass is 10.1. The molecule has 0 bridgehead atoms. The van der Waals surface area contributed by atoms with E-state index in [0.717, 1.165) is 23.4 Å². The van der Waals surface area contributed by atoms with Gasteiger partial charge in [-0.2, -0.15) is 0 Å². The molecule has 0 aliphatic carbocycles. The van der Waals surface area contributed by atoms with Gasteiger partial charge in [-0.1, -0.05) is 24.6 Å². The van der Waals surface area contributed by atoms with Gasteiger partial charge in [-0.15, -0.1) is 0 Å². The molecule has 0 atom stereocenters. The zero-order valence-electron chi connectivity index (χ0n) is 12.9. The van der Waals surface area contributed by atoms with Crippen molar-refractivity contribution in [3.63, 3.8) is 0 Å². The molecule has 0 saturated heterocycles. The first-order valence-corrected chi connectivity index (χ1v) is 7.10. The van der Waals surface area contributed by atoms with E-state index in [4.69, 9.17) is 0 Å². The summed E-state index contributed by atoms with van der Waals surface area (Å²) in [5, 5.41) is 5.95. The van der Waals surface area contributed by atoms with Crippen molar-refractivity contribution >= 4 is 17.4 Å². The number of pyridine rings is 1. The molecule has 0 spiro atoms. The van der Waals surface area contributed by atoms with Gasteiger partial charge in [0.05, 0.1) is 0 Å². The molecule has 0 aliphatic rings. The summed E-state index contributed by atoms with van der Waals surface area (Å²) in [6.07, 6.45) is 0.791. The lowest BCUT2D eigenvalue weighted by molar-refractivity contribution is 0.102. The topological polar surface area (TPSA) is 54.0 Å². The lowest BCUT2D eigenvalue weighted by Crippen LogP contribution is -2.14. The first-order chi connectivity index (χ1) is 10.0. The average molecular weight is 283 g/mol. The fourth-order valence-electron chi connectivity index (χ4n) is 2.18. The smallest absolute Gasteiger partial charge is 0.255 e. The average Bonchev–Trinajstić information content (AvgIpc) is 2.49. The van der Waals surface area contributed by atoms with Crippen molar-refractivity contribution in [1.82, 2.24) is 4.98 Å². The van der Waals surface area contributed by atoms with Gasteiger partial charge in [-0.25, -0.2) is 4.98 Å². The molecule has 1 amide bonds. The SMILES string of the molecule is CCc1cc(C(=O)Nc2ccc(C)cc2C)cc(NC)n1. The van der Waals surface area contributed by atoms with Crippen molar-refractivity contribution in [1.29, 1.82) is 0 Å². The molecule has 21 heavy (non-hydrogen) atoms. The van der Waals surface area contributed by atoms with Gasteiger partial charge in [-0.3, -0.25) is 4.79 Å². The van der Waals surface area contributed by atoms with Crippen molar-refractivity contribution in [2.24, 2.45) is 0 Å². The van der Waals surface area contributed by atoms with Gasteiger partial charge in [0.15, 0.2) is 0 Å². The zero-order chi connectivity index (χ0) is 15.4. The molecule has 1 aromatic carbocycles. The monoisotopic (exact) mass is 283 g/mol. The summed E-state index contributed by atoms with van der Waals surface area (Å²) in [5.41, 5.74) is 4.59. The first-order valence-electron chi connectivity index (χ1n) is 7.10. The van der Waals surface area contributed by atoms with Gasteiger partial charge in [0.25, 0.3) is 5.91 Å². The second-order valence-corrected chi connectivity index (χ2v) is 5.11. The van der Waals surface area contributed by atoms with E-state index in [1.165, 1.54) is 5.56 Å². The highest BCUT2D eigenvalue weighted by atomic mass is 16.1. The molecule has 2 N–H and O–H groups in total. The number of aromatic nitrogens is 1. The van der Waals surface area contributed by atoms with Gasteiger partial charge in [0, 0.05) is 24.0 Å². The maximum Gasteiger partial charge on any atom is 0.255 e. The molecule has 0 radical (unpaired) electrons. The third kappa shape index (κ3) is 3.60. The minimum absolute atomic E-state index is 0.115. The molecule has 0 saturated carbocycles. The molecule has 110 valence electrons. The number of rotatable bonds is 4. The molecular formula is C17H21N3O. The largest absolute Gasteiger partial charge is 0.373 e. The highest BCUT2D eigenvalue weighted by Crippen LogP contribution is 2.18. The molecule has 0 unspecified atom stereocenters. The normalized spacial score (nSPS) is 10.3. The Bertz CT molecular complexity index is 643. The fraction of sp³-hybridized carbons (Fsp3) is 0.294. The van der Waals surface area contributed by atoms with E-state index in [2.05, 4.69) is 21.7 Å². The Morgan fingerprint density at radius 1 is 1.19 bits per heavy atom. The molecule has 1 aromatic heterocycles. The van der Waals surface area contributed by atoms with Crippen LogP contribution in [0.2, 0.25) is 0 Å². The fourth-order valence-corrected chi connectivity index (χ4v) is 2.18. The van der Waals surface area contributed by atoms with Crippen LogP contribution in [-0.4, -0.2) is 17.9 Å². The van der Waals surface area contributed by atoms with E-state index in [0.29, 0.717) is 11.4 Å². The third-order valence-corrected chi connectivity index (χ3v) is 3.39. The van der Waals surface area contributed by atoms with Gasteiger partial charge in [0.1, 0.15) is 5.82 Å². The van der Waals surface area contributed by atoms with Crippen LogP contribution in [-0.2, 0) is 6.42 Å². The molecule has 2 aromatic rings. The Morgan fingerprint density at radius 2 is 1.95 bits per heavy atom. The first kappa shape index (κ1) is 15.0. The second kappa shape index (κ2) is 6.39. The van der Waals surface area contributed by atoms with Crippen LogP contribution in [0.1, 0.15) is 34.1 Å². The number of hydrogen-bond acceptors (Lipinski definition) is 3. The van der Waals surface area contributed by atoms with Crippen LogP contribution < -0.4 is 10.6 Å². The third-order valence-electron chi connectivity index (χ3n) is 3.39. The molecule has 2 rings (SSSR count). The maximum absolute atomic E-state index is 12.4. The predicted molar refractivity (Wildman–Crippen MR) is 87.0 cm³/mol. The van der Waals surface area contributed by atoms with E-state index < -0.39 is 0 Å². The number of nitrogens with one attached hydrogen (secondary N) is 2. The highest BCUT2D eigenvalue weighted by Gasteiger charge is 2.10. The molecule has 0 aliphatic heterocycles. The Labute approximate surface area is 125 Å². The summed E-state index contributed by atoms with van der Waals surface area (Å²) in [4.78, 5) is 16.8. The van der Waals surface area contributed by atoms with Crippen LogP contribution in [0.5, 0.6) is 0 Å². The summed E-state index contributed by atoms with van der Waals surface area (Å²) in [7, 11) is 1.80. The Balaban J connectivity index is 2.27. The van der Waals surface area contributed by atoms with E-state index in [-0.39, 0.29) is 5.91 Å². The van der Waals surface area contributed by atoms with Crippen LogP contribution in [0, 0.1) is 13.8 Å². The summed E-state index contributed by atoms with van der Waals surface area (Å²) in [5.74, 6) is 0.593. The Morgan fingerprint density at radius 3 is 2.57 bits per heavy atom. The number of amides is 1.